The Kier molecular flexibility index (Phi) is 4.03. The van der Waals surface area contributed by atoms with Crippen molar-refractivity contribution in [3.63, 3.8) is 0 Å². The van der Waals surface area contributed by atoms with Crippen LogP contribution in [0, 0.1) is 5.92 Å². The van der Waals surface area contributed by atoms with Crippen LogP contribution in [0.15, 0.2) is 24.3 Å². The predicted molar refractivity (Wildman–Crippen MR) is 77.3 cm³/mol. The van der Waals surface area contributed by atoms with Crippen molar-refractivity contribution in [1.29, 1.82) is 0 Å². The molecule has 20 heavy (non-hydrogen) atoms. The van der Waals surface area contributed by atoms with Crippen LogP contribution in [0.2, 0.25) is 0 Å². The van der Waals surface area contributed by atoms with E-state index in [2.05, 4.69) is 5.32 Å². The molecule has 1 saturated carbocycles. The van der Waals surface area contributed by atoms with E-state index in [9.17, 15) is 4.79 Å². The summed E-state index contributed by atoms with van der Waals surface area (Å²) in [6, 6.07) is 7.79. The first-order valence-electron chi connectivity index (χ1n) is 7.49. The second kappa shape index (κ2) is 5.94. The van der Waals surface area contributed by atoms with Gasteiger partial charge in [0.1, 0.15) is 0 Å². The van der Waals surface area contributed by atoms with Crippen LogP contribution in [-0.2, 0) is 11.3 Å². The first-order chi connectivity index (χ1) is 9.78. The van der Waals surface area contributed by atoms with Gasteiger partial charge in [-0.15, -0.1) is 0 Å². The zero-order chi connectivity index (χ0) is 13.9. The van der Waals surface area contributed by atoms with Crippen molar-refractivity contribution >= 4 is 5.91 Å². The maximum atomic E-state index is 12.3. The fraction of sp³-hybridized carbons (Fsp3) is 0.562. The molecular formula is C16H22N2O2. The molecule has 0 aromatic heterocycles. The average Bonchev–Trinajstić information content (AvgIpc) is 2.97. The summed E-state index contributed by atoms with van der Waals surface area (Å²) < 4.78 is 5.74. The van der Waals surface area contributed by atoms with Gasteiger partial charge < -0.3 is 15.8 Å². The largest absolute Gasteiger partial charge is 0.378 e. The Labute approximate surface area is 119 Å². The normalized spacial score (nSPS) is 28.9. The standard InChI is InChI=1S/C16H22N2O2/c17-10-11-4-6-12(7-5-11)16(19)18-14-2-1-3-15-13(14)8-9-20-15/h4-7,13-15H,1-3,8-10,17H2,(H,18,19). The van der Waals surface area contributed by atoms with Gasteiger partial charge in [0.25, 0.3) is 5.91 Å². The van der Waals surface area contributed by atoms with Crippen LogP contribution in [0.3, 0.4) is 0 Å². The smallest absolute Gasteiger partial charge is 0.251 e. The number of ether oxygens (including phenoxy) is 1. The second-order valence-corrected chi connectivity index (χ2v) is 5.77. The number of amides is 1. The van der Waals surface area contributed by atoms with Crippen LogP contribution in [0.5, 0.6) is 0 Å². The lowest BCUT2D eigenvalue weighted by atomic mass is 9.81. The summed E-state index contributed by atoms with van der Waals surface area (Å²) in [5, 5.41) is 3.19. The molecule has 1 aromatic rings. The summed E-state index contributed by atoms with van der Waals surface area (Å²) >= 11 is 0. The third kappa shape index (κ3) is 2.72. The van der Waals surface area contributed by atoms with E-state index in [4.69, 9.17) is 10.5 Å². The number of rotatable bonds is 3. The van der Waals surface area contributed by atoms with E-state index in [1.54, 1.807) is 0 Å². The van der Waals surface area contributed by atoms with Crippen LogP contribution in [-0.4, -0.2) is 24.7 Å². The summed E-state index contributed by atoms with van der Waals surface area (Å²) in [5.41, 5.74) is 7.33. The molecule has 1 aromatic carbocycles. The minimum Gasteiger partial charge on any atom is -0.378 e. The molecule has 1 heterocycles. The van der Waals surface area contributed by atoms with Crippen molar-refractivity contribution in [1.82, 2.24) is 5.32 Å². The number of benzene rings is 1. The molecule has 0 spiro atoms. The molecule has 0 bridgehead atoms. The molecule has 3 rings (SSSR count). The highest BCUT2D eigenvalue weighted by Gasteiger charge is 2.38. The summed E-state index contributed by atoms with van der Waals surface area (Å²) in [6.45, 7) is 1.35. The fourth-order valence-electron chi connectivity index (χ4n) is 3.40. The SMILES string of the molecule is NCc1ccc(C(=O)NC2CCCC3OCCC23)cc1. The minimum absolute atomic E-state index is 0.0196. The molecule has 3 unspecified atom stereocenters. The van der Waals surface area contributed by atoms with Gasteiger partial charge in [-0.1, -0.05) is 12.1 Å². The number of hydrogen-bond donors (Lipinski definition) is 2. The van der Waals surface area contributed by atoms with E-state index in [1.807, 2.05) is 24.3 Å². The van der Waals surface area contributed by atoms with Gasteiger partial charge in [-0.3, -0.25) is 4.79 Å². The Morgan fingerprint density at radius 3 is 2.80 bits per heavy atom. The van der Waals surface area contributed by atoms with Gasteiger partial charge in [-0.2, -0.15) is 0 Å². The molecule has 0 radical (unpaired) electrons. The molecule has 1 saturated heterocycles. The molecule has 1 aliphatic heterocycles. The highest BCUT2D eigenvalue weighted by atomic mass is 16.5. The van der Waals surface area contributed by atoms with E-state index in [1.165, 1.54) is 0 Å². The number of fused-ring (bicyclic) bond motifs is 1. The second-order valence-electron chi connectivity index (χ2n) is 5.77. The fourth-order valence-corrected chi connectivity index (χ4v) is 3.40. The van der Waals surface area contributed by atoms with E-state index in [0.29, 0.717) is 24.1 Å². The van der Waals surface area contributed by atoms with Gasteiger partial charge in [0.05, 0.1) is 6.10 Å². The number of carbonyl (C=O) groups is 1. The zero-order valence-electron chi connectivity index (χ0n) is 11.7. The number of hydrogen-bond acceptors (Lipinski definition) is 3. The number of nitrogens with two attached hydrogens (primary N) is 1. The Morgan fingerprint density at radius 2 is 2.05 bits per heavy atom. The average molecular weight is 274 g/mol. The Hall–Kier alpha value is -1.39. The lowest BCUT2D eigenvalue weighted by molar-refractivity contribution is 0.0510. The molecule has 1 aliphatic carbocycles. The van der Waals surface area contributed by atoms with Crippen molar-refractivity contribution in [2.24, 2.45) is 11.7 Å². The van der Waals surface area contributed by atoms with Crippen molar-refractivity contribution < 1.29 is 9.53 Å². The van der Waals surface area contributed by atoms with E-state index in [-0.39, 0.29) is 11.9 Å². The molecule has 1 amide bonds. The van der Waals surface area contributed by atoms with Gasteiger partial charge in [0.2, 0.25) is 0 Å². The first kappa shape index (κ1) is 13.6. The van der Waals surface area contributed by atoms with Crippen LogP contribution in [0.4, 0.5) is 0 Å². The van der Waals surface area contributed by atoms with Crippen LogP contribution in [0.1, 0.15) is 41.6 Å². The van der Waals surface area contributed by atoms with E-state index < -0.39 is 0 Å². The monoisotopic (exact) mass is 274 g/mol. The molecule has 3 N–H and O–H groups in total. The van der Waals surface area contributed by atoms with E-state index >= 15 is 0 Å². The third-order valence-corrected chi connectivity index (χ3v) is 4.55. The summed E-state index contributed by atoms with van der Waals surface area (Å²) in [5.74, 6) is 0.516. The molecule has 4 nitrogen and oxygen atoms in total. The van der Waals surface area contributed by atoms with Crippen molar-refractivity contribution in [3.05, 3.63) is 35.4 Å². The molecule has 2 aliphatic rings. The van der Waals surface area contributed by atoms with Crippen LogP contribution >= 0.6 is 0 Å². The Morgan fingerprint density at radius 1 is 1.25 bits per heavy atom. The minimum atomic E-state index is 0.0196. The summed E-state index contributed by atoms with van der Waals surface area (Å²) in [4.78, 5) is 12.3. The van der Waals surface area contributed by atoms with Crippen molar-refractivity contribution in [2.75, 3.05) is 6.61 Å². The van der Waals surface area contributed by atoms with Crippen LogP contribution in [0.25, 0.3) is 0 Å². The Bertz CT molecular complexity index is 472. The summed E-state index contributed by atoms with van der Waals surface area (Å²) in [6.07, 6.45) is 4.77. The highest BCUT2D eigenvalue weighted by molar-refractivity contribution is 5.94. The van der Waals surface area contributed by atoms with Gasteiger partial charge in [0, 0.05) is 30.7 Å². The van der Waals surface area contributed by atoms with Crippen LogP contribution < -0.4 is 11.1 Å². The van der Waals surface area contributed by atoms with Crippen molar-refractivity contribution in [3.8, 4) is 0 Å². The topological polar surface area (TPSA) is 64.4 Å². The number of carbonyl (C=O) groups excluding carboxylic acids is 1. The number of nitrogens with one attached hydrogen (secondary N) is 1. The molecule has 108 valence electrons. The predicted octanol–water partition coefficient (Wildman–Crippen LogP) is 1.83. The zero-order valence-corrected chi connectivity index (χ0v) is 11.7. The molecule has 3 atom stereocenters. The van der Waals surface area contributed by atoms with Gasteiger partial charge in [0.15, 0.2) is 0 Å². The Balaban J connectivity index is 1.65. The lowest BCUT2D eigenvalue weighted by Gasteiger charge is -2.33. The van der Waals surface area contributed by atoms with Gasteiger partial charge >= 0.3 is 0 Å². The summed E-state index contributed by atoms with van der Waals surface area (Å²) in [7, 11) is 0. The quantitative estimate of drug-likeness (QED) is 0.884. The highest BCUT2D eigenvalue weighted by Crippen LogP contribution is 2.34. The maximum Gasteiger partial charge on any atom is 0.251 e. The van der Waals surface area contributed by atoms with E-state index in [0.717, 1.165) is 37.9 Å². The molecular weight excluding hydrogens is 252 g/mol. The maximum absolute atomic E-state index is 12.3. The molecule has 2 fully saturated rings. The van der Waals surface area contributed by atoms with Gasteiger partial charge in [-0.25, -0.2) is 0 Å². The first-order valence-corrected chi connectivity index (χ1v) is 7.49. The third-order valence-electron chi connectivity index (χ3n) is 4.55. The van der Waals surface area contributed by atoms with Gasteiger partial charge in [-0.05, 0) is 43.4 Å². The van der Waals surface area contributed by atoms with Crippen molar-refractivity contribution in [2.45, 2.75) is 44.4 Å². The molecule has 4 heteroatoms. The lowest BCUT2D eigenvalue weighted by Crippen LogP contribution is -2.45.